The van der Waals surface area contributed by atoms with Crippen LogP contribution in [0.5, 0.6) is 0 Å². The van der Waals surface area contributed by atoms with Crippen LogP contribution >= 0.6 is 22.6 Å². The van der Waals surface area contributed by atoms with Crippen LogP contribution in [-0.4, -0.2) is 9.38 Å². The third kappa shape index (κ3) is 2.69. The number of aromatic nitrogens is 2. The van der Waals surface area contributed by atoms with Crippen molar-refractivity contribution in [3.05, 3.63) is 62.2 Å². The first kappa shape index (κ1) is 14.2. The van der Waals surface area contributed by atoms with Crippen LogP contribution in [-0.2, 0) is 6.18 Å². The van der Waals surface area contributed by atoms with Crippen molar-refractivity contribution in [2.24, 2.45) is 0 Å². The second-order valence-electron chi connectivity index (χ2n) is 4.53. The topological polar surface area (TPSA) is 37.3 Å². The normalized spacial score (nSPS) is 12.0. The van der Waals surface area contributed by atoms with E-state index in [4.69, 9.17) is 0 Å². The zero-order valence-corrected chi connectivity index (χ0v) is 12.6. The molecule has 0 fully saturated rings. The number of nitrogens with one attached hydrogen (secondary N) is 1. The molecule has 7 heteroatoms. The average molecular weight is 404 g/mol. The van der Waals surface area contributed by atoms with Crippen molar-refractivity contribution in [2.75, 3.05) is 0 Å². The molecule has 0 spiro atoms. The van der Waals surface area contributed by atoms with Crippen LogP contribution in [0.1, 0.15) is 5.56 Å². The number of H-pyrrole nitrogens is 1. The lowest BCUT2D eigenvalue weighted by Gasteiger charge is -2.09. The zero-order valence-electron chi connectivity index (χ0n) is 10.4. The molecule has 0 amide bonds. The summed E-state index contributed by atoms with van der Waals surface area (Å²) in [6, 6.07) is 6.57. The van der Waals surface area contributed by atoms with Crippen LogP contribution in [0.3, 0.4) is 0 Å². The van der Waals surface area contributed by atoms with Gasteiger partial charge in [0.05, 0.1) is 11.3 Å². The Morgan fingerprint density at radius 1 is 1.14 bits per heavy atom. The van der Waals surface area contributed by atoms with E-state index in [2.05, 4.69) is 27.6 Å². The van der Waals surface area contributed by atoms with Crippen molar-refractivity contribution in [3.8, 4) is 11.3 Å². The molecule has 1 N–H and O–H groups in total. The fraction of sp³-hybridized carbons (Fsp3) is 0.0714. The molecule has 2 aromatic heterocycles. The molecule has 1 aromatic carbocycles. The second kappa shape index (κ2) is 4.90. The van der Waals surface area contributed by atoms with Crippen LogP contribution in [0.2, 0.25) is 0 Å². The molecule has 0 atom stereocenters. The van der Waals surface area contributed by atoms with Crippen LogP contribution < -0.4 is 5.56 Å². The lowest BCUT2D eigenvalue weighted by atomic mass is 10.1. The summed E-state index contributed by atoms with van der Waals surface area (Å²) in [5.41, 5.74) is 0.0177. The van der Waals surface area contributed by atoms with Gasteiger partial charge in [-0.05, 0) is 40.8 Å². The van der Waals surface area contributed by atoms with Crippen molar-refractivity contribution in [1.29, 1.82) is 0 Å². The maximum absolute atomic E-state index is 12.7. The van der Waals surface area contributed by atoms with E-state index < -0.39 is 11.7 Å². The molecule has 2 heterocycles. The smallest absolute Gasteiger partial charge is 0.319 e. The lowest BCUT2D eigenvalue weighted by molar-refractivity contribution is -0.137. The molecule has 0 aliphatic carbocycles. The Morgan fingerprint density at radius 3 is 2.62 bits per heavy atom. The summed E-state index contributed by atoms with van der Waals surface area (Å²) in [5.74, 6) is 0. The molecule has 21 heavy (non-hydrogen) atoms. The quantitative estimate of drug-likeness (QED) is 0.614. The number of hydrogen-bond acceptors (Lipinski definition) is 1. The molecular weight excluding hydrogens is 396 g/mol. The third-order valence-corrected chi connectivity index (χ3v) is 3.66. The summed E-state index contributed by atoms with van der Waals surface area (Å²) in [6.45, 7) is 0. The summed E-state index contributed by atoms with van der Waals surface area (Å²) >= 11 is 2.07. The Bertz CT molecular complexity index is 880. The van der Waals surface area contributed by atoms with E-state index in [0.29, 0.717) is 16.8 Å². The molecule has 3 nitrogen and oxygen atoms in total. The van der Waals surface area contributed by atoms with Crippen molar-refractivity contribution in [3.63, 3.8) is 0 Å². The van der Waals surface area contributed by atoms with E-state index >= 15 is 0 Å². The average Bonchev–Trinajstić information content (AvgIpc) is 2.79. The van der Waals surface area contributed by atoms with Gasteiger partial charge in [-0.2, -0.15) is 13.2 Å². The van der Waals surface area contributed by atoms with Gasteiger partial charge in [0.1, 0.15) is 5.52 Å². The number of fused-ring (bicyclic) bond motifs is 1. The van der Waals surface area contributed by atoms with Crippen LogP contribution in [0.4, 0.5) is 13.2 Å². The van der Waals surface area contributed by atoms with Crippen LogP contribution in [0.15, 0.2) is 47.5 Å². The van der Waals surface area contributed by atoms with E-state index in [-0.39, 0.29) is 5.56 Å². The molecule has 0 bridgehead atoms. The fourth-order valence-corrected chi connectivity index (χ4v) is 2.70. The molecule has 0 aliphatic rings. The van der Waals surface area contributed by atoms with E-state index in [9.17, 15) is 18.0 Å². The highest BCUT2D eigenvalue weighted by Crippen LogP contribution is 2.31. The molecule has 0 saturated carbocycles. The van der Waals surface area contributed by atoms with Crippen LogP contribution in [0.25, 0.3) is 16.8 Å². The first-order valence-electron chi connectivity index (χ1n) is 5.93. The Balaban J connectivity index is 2.19. The summed E-state index contributed by atoms with van der Waals surface area (Å²) in [5, 5.41) is 0. The summed E-state index contributed by atoms with van der Waals surface area (Å²) < 4.78 is 40.7. The van der Waals surface area contributed by atoms with Gasteiger partial charge >= 0.3 is 6.18 Å². The van der Waals surface area contributed by atoms with Crippen LogP contribution in [0, 0.1) is 3.57 Å². The fourth-order valence-electron chi connectivity index (χ4n) is 2.10. The number of benzene rings is 1. The van der Waals surface area contributed by atoms with Gasteiger partial charge in [0.25, 0.3) is 5.56 Å². The highest BCUT2D eigenvalue weighted by molar-refractivity contribution is 14.1. The third-order valence-electron chi connectivity index (χ3n) is 3.07. The first-order chi connectivity index (χ1) is 9.84. The molecule has 3 rings (SSSR count). The molecular formula is C14H8F3IN2O. The monoisotopic (exact) mass is 404 g/mol. The molecule has 108 valence electrons. The molecule has 0 unspecified atom stereocenters. The number of aromatic amines is 1. The minimum atomic E-state index is -4.41. The Morgan fingerprint density at radius 2 is 1.90 bits per heavy atom. The van der Waals surface area contributed by atoms with Gasteiger partial charge in [-0.3, -0.25) is 4.79 Å². The van der Waals surface area contributed by atoms with E-state index in [1.807, 2.05) is 0 Å². The van der Waals surface area contributed by atoms with Gasteiger partial charge in [0.15, 0.2) is 0 Å². The minimum Gasteiger partial charge on any atom is -0.319 e. The maximum atomic E-state index is 12.7. The van der Waals surface area contributed by atoms with Gasteiger partial charge in [0, 0.05) is 21.5 Å². The van der Waals surface area contributed by atoms with Crippen molar-refractivity contribution < 1.29 is 13.2 Å². The number of alkyl halides is 3. The zero-order chi connectivity index (χ0) is 15.2. The van der Waals surface area contributed by atoms with Gasteiger partial charge in [-0.25, -0.2) is 0 Å². The minimum absolute atomic E-state index is 0.313. The van der Waals surface area contributed by atoms with Gasteiger partial charge in [0.2, 0.25) is 0 Å². The highest BCUT2D eigenvalue weighted by Gasteiger charge is 2.30. The standard InChI is InChI=1S/C14H8F3IN2O/c15-14(16,17)9-3-1-2-8(4-9)11-7-20-6-10(18)5-12(20)13(21)19-11/h1-7H,(H,19,21). The van der Waals surface area contributed by atoms with E-state index in [1.54, 1.807) is 22.9 Å². The number of halogens is 4. The Kier molecular flexibility index (Phi) is 3.31. The predicted molar refractivity (Wildman–Crippen MR) is 81.2 cm³/mol. The highest BCUT2D eigenvalue weighted by atomic mass is 127. The predicted octanol–water partition coefficient (Wildman–Crippen LogP) is 3.92. The van der Waals surface area contributed by atoms with Crippen molar-refractivity contribution in [2.45, 2.75) is 6.18 Å². The second-order valence-corrected chi connectivity index (χ2v) is 5.77. The largest absolute Gasteiger partial charge is 0.416 e. The first-order valence-corrected chi connectivity index (χ1v) is 7.00. The Labute approximate surface area is 130 Å². The van der Waals surface area contributed by atoms with Crippen molar-refractivity contribution >= 4 is 28.1 Å². The summed E-state index contributed by atoms with van der Waals surface area (Å²) in [4.78, 5) is 14.6. The molecule has 0 saturated heterocycles. The molecule has 3 aromatic rings. The molecule has 0 aliphatic heterocycles. The summed E-state index contributed by atoms with van der Waals surface area (Å²) in [7, 11) is 0. The van der Waals surface area contributed by atoms with Crippen molar-refractivity contribution in [1.82, 2.24) is 9.38 Å². The number of nitrogens with zero attached hydrogens (tertiary/aromatic N) is 1. The number of hydrogen-bond donors (Lipinski definition) is 1. The molecule has 0 radical (unpaired) electrons. The number of rotatable bonds is 1. The van der Waals surface area contributed by atoms with E-state index in [1.165, 1.54) is 12.1 Å². The summed E-state index contributed by atoms with van der Waals surface area (Å²) in [6.07, 6.45) is -1.07. The lowest BCUT2D eigenvalue weighted by Crippen LogP contribution is -2.10. The van der Waals surface area contributed by atoms with Gasteiger partial charge in [-0.15, -0.1) is 0 Å². The SMILES string of the molecule is O=c1[nH]c(-c2cccc(C(F)(F)F)c2)cn2cc(I)cc12. The van der Waals surface area contributed by atoms with Gasteiger partial charge in [-0.1, -0.05) is 12.1 Å². The maximum Gasteiger partial charge on any atom is 0.416 e. The van der Waals surface area contributed by atoms with E-state index in [0.717, 1.165) is 15.7 Å². The Hall–Kier alpha value is -1.77. The van der Waals surface area contributed by atoms with Gasteiger partial charge < -0.3 is 9.38 Å².